The number of nitrogens with two attached hydrogens (primary N) is 1. The molecule has 0 radical (unpaired) electrons. The van der Waals surface area contributed by atoms with Gasteiger partial charge in [-0.25, -0.2) is 14.7 Å². The van der Waals surface area contributed by atoms with Gasteiger partial charge in [-0.3, -0.25) is 24.6 Å². The van der Waals surface area contributed by atoms with Crippen LogP contribution in [0.5, 0.6) is 5.88 Å². The molecule has 0 spiro atoms. The number of imide groups is 1. The van der Waals surface area contributed by atoms with E-state index in [2.05, 4.69) is 20.5 Å². The molecule has 1 aliphatic carbocycles. The Morgan fingerprint density at radius 3 is 2.38 bits per heavy atom. The first-order valence-electron chi connectivity index (χ1n) is 16.2. The van der Waals surface area contributed by atoms with Crippen molar-refractivity contribution >= 4 is 34.5 Å². The van der Waals surface area contributed by atoms with Gasteiger partial charge < -0.3 is 20.5 Å². The van der Waals surface area contributed by atoms with Gasteiger partial charge in [0.25, 0.3) is 11.5 Å². The van der Waals surface area contributed by atoms with Crippen LogP contribution in [0.3, 0.4) is 0 Å². The van der Waals surface area contributed by atoms with Crippen molar-refractivity contribution in [2.45, 2.75) is 71.4 Å². The van der Waals surface area contributed by atoms with Crippen LogP contribution in [0.1, 0.15) is 57.7 Å². The SMILES string of the molecule is COc1ccc(-c2ccc(C[C@H](N)C(=O)N(C(=O)C3CCC(CNC(=O)OC(C)(C)C)CC3)c3ccc4c(=O)[nH][nH]c4c3)cc2)c(C)n1. The Bertz CT molecular complexity index is 1830. The second-order valence-electron chi connectivity index (χ2n) is 13.4. The van der Waals surface area contributed by atoms with Gasteiger partial charge in [-0.05, 0) is 101 Å². The molecule has 1 atom stereocenters. The number of H-pyrrole nitrogens is 2. The van der Waals surface area contributed by atoms with Gasteiger partial charge in [-0.15, -0.1) is 0 Å². The highest BCUT2D eigenvalue weighted by atomic mass is 16.6. The maximum Gasteiger partial charge on any atom is 0.407 e. The van der Waals surface area contributed by atoms with Crippen LogP contribution in [-0.2, 0) is 20.7 Å². The predicted octanol–water partition coefficient (Wildman–Crippen LogP) is 5.00. The second-order valence-corrected chi connectivity index (χ2v) is 13.4. The van der Waals surface area contributed by atoms with Crippen molar-refractivity contribution in [3.63, 3.8) is 0 Å². The minimum atomic E-state index is -1.00. The number of aromatic nitrogens is 3. The van der Waals surface area contributed by atoms with Crippen LogP contribution < -0.4 is 26.2 Å². The average molecular weight is 657 g/mol. The normalized spacial score (nSPS) is 17.0. The van der Waals surface area contributed by atoms with Crippen molar-refractivity contribution in [1.82, 2.24) is 20.5 Å². The molecule has 2 aromatic heterocycles. The number of anilines is 1. The van der Waals surface area contributed by atoms with Crippen molar-refractivity contribution in [3.05, 3.63) is 76.2 Å². The van der Waals surface area contributed by atoms with Crippen molar-refractivity contribution in [2.24, 2.45) is 17.6 Å². The highest BCUT2D eigenvalue weighted by molar-refractivity contribution is 6.17. The molecule has 12 heteroatoms. The second kappa shape index (κ2) is 14.4. The maximum absolute atomic E-state index is 14.1. The number of amides is 3. The highest BCUT2D eigenvalue weighted by Gasteiger charge is 2.35. The van der Waals surface area contributed by atoms with Crippen molar-refractivity contribution in [1.29, 1.82) is 0 Å². The molecular weight excluding hydrogens is 612 g/mol. The number of fused-ring (bicyclic) bond motifs is 1. The number of hydrogen-bond donors (Lipinski definition) is 4. The van der Waals surface area contributed by atoms with Gasteiger partial charge in [0.1, 0.15) is 5.60 Å². The summed E-state index contributed by atoms with van der Waals surface area (Å²) in [7, 11) is 1.58. The first-order chi connectivity index (χ1) is 22.8. The van der Waals surface area contributed by atoms with E-state index in [0.29, 0.717) is 54.7 Å². The molecule has 5 N–H and O–H groups in total. The van der Waals surface area contributed by atoms with E-state index in [1.807, 2.05) is 64.1 Å². The third kappa shape index (κ3) is 8.11. The monoisotopic (exact) mass is 656 g/mol. The number of rotatable bonds is 9. The van der Waals surface area contributed by atoms with Gasteiger partial charge in [-0.1, -0.05) is 24.3 Å². The van der Waals surface area contributed by atoms with Crippen LogP contribution in [0.25, 0.3) is 22.0 Å². The summed E-state index contributed by atoms with van der Waals surface area (Å²) in [6.07, 6.45) is 2.29. The van der Waals surface area contributed by atoms with Gasteiger partial charge in [0.05, 0.1) is 29.7 Å². The Balaban J connectivity index is 1.30. The molecule has 12 nitrogen and oxygen atoms in total. The van der Waals surface area contributed by atoms with E-state index in [0.717, 1.165) is 22.4 Å². The van der Waals surface area contributed by atoms with Crippen LogP contribution in [-0.4, -0.2) is 58.4 Å². The standard InChI is InChI=1S/C36H44N6O6/c1-21-27(16-17-31(39-21)47-5)24-10-6-22(7-11-24)18-29(37)34(45)42(26-14-15-28-30(19-26)40-41-32(28)43)33(44)25-12-8-23(9-13-25)20-38-35(46)48-36(2,3)4/h6-7,10-11,14-17,19,23,25,29H,8-9,12-13,18,20,37H2,1-5H3,(H,38,46)(H2,40,41,43)/t23?,25?,29-/m0/s1. The molecule has 2 heterocycles. The first kappa shape index (κ1) is 34.4. The molecule has 5 rings (SSSR count). The number of pyridine rings is 1. The quantitative estimate of drug-likeness (QED) is 0.195. The molecule has 48 heavy (non-hydrogen) atoms. The van der Waals surface area contributed by atoms with Crippen molar-refractivity contribution < 1.29 is 23.9 Å². The number of alkyl carbamates (subject to hydrolysis) is 1. The van der Waals surface area contributed by atoms with Crippen LogP contribution >= 0.6 is 0 Å². The zero-order valence-corrected chi connectivity index (χ0v) is 28.1. The van der Waals surface area contributed by atoms with Gasteiger partial charge in [0.2, 0.25) is 11.8 Å². The molecule has 1 fully saturated rings. The number of ether oxygens (including phenoxy) is 2. The zero-order chi connectivity index (χ0) is 34.6. The molecule has 1 aliphatic rings. The Hall–Kier alpha value is -4.97. The van der Waals surface area contributed by atoms with Crippen molar-refractivity contribution in [3.8, 4) is 17.0 Å². The number of carbonyl (C=O) groups is 3. The molecule has 0 bridgehead atoms. The lowest BCUT2D eigenvalue weighted by molar-refractivity contribution is -0.130. The summed E-state index contributed by atoms with van der Waals surface area (Å²) in [5, 5.41) is 8.60. The minimum Gasteiger partial charge on any atom is -0.481 e. The number of benzene rings is 2. The molecule has 254 valence electrons. The molecule has 0 aliphatic heterocycles. The summed E-state index contributed by atoms with van der Waals surface area (Å²) >= 11 is 0. The van der Waals surface area contributed by atoms with Crippen LogP contribution in [0.2, 0.25) is 0 Å². The average Bonchev–Trinajstić information content (AvgIpc) is 3.43. The fraction of sp³-hybridized carbons (Fsp3) is 0.417. The summed E-state index contributed by atoms with van der Waals surface area (Å²) in [6, 6.07) is 15.3. The van der Waals surface area contributed by atoms with Crippen LogP contribution in [0.4, 0.5) is 10.5 Å². The summed E-state index contributed by atoms with van der Waals surface area (Å²) in [4.78, 5) is 58.1. The van der Waals surface area contributed by atoms with E-state index in [9.17, 15) is 19.2 Å². The number of hydrogen-bond acceptors (Lipinski definition) is 8. The molecule has 3 amide bonds. The third-order valence-electron chi connectivity index (χ3n) is 8.69. The minimum absolute atomic E-state index is 0.190. The van der Waals surface area contributed by atoms with Crippen molar-refractivity contribution in [2.75, 3.05) is 18.6 Å². The fourth-order valence-corrected chi connectivity index (χ4v) is 6.15. The lowest BCUT2D eigenvalue weighted by atomic mass is 9.81. The molecule has 2 aromatic carbocycles. The number of methoxy groups -OCH3 is 1. The Labute approximate surface area is 279 Å². The molecule has 1 saturated carbocycles. The Morgan fingerprint density at radius 1 is 1.02 bits per heavy atom. The predicted molar refractivity (Wildman–Crippen MR) is 184 cm³/mol. The Kier molecular flexibility index (Phi) is 10.3. The van der Waals surface area contributed by atoms with E-state index >= 15 is 0 Å². The number of carbonyl (C=O) groups excluding carboxylic acids is 3. The smallest absolute Gasteiger partial charge is 0.407 e. The zero-order valence-electron chi connectivity index (χ0n) is 28.1. The van der Waals surface area contributed by atoms with Crippen LogP contribution in [0, 0.1) is 18.8 Å². The van der Waals surface area contributed by atoms with Gasteiger partial charge in [0, 0.05) is 29.8 Å². The van der Waals surface area contributed by atoms with Gasteiger partial charge >= 0.3 is 6.09 Å². The largest absolute Gasteiger partial charge is 0.481 e. The lowest BCUT2D eigenvalue weighted by Crippen LogP contribution is -2.50. The topological polar surface area (TPSA) is 172 Å². The van der Waals surface area contributed by atoms with E-state index in [1.165, 1.54) is 4.90 Å². The van der Waals surface area contributed by atoms with Gasteiger partial charge in [0.15, 0.2) is 0 Å². The van der Waals surface area contributed by atoms with E-state index in [4.69, 9.17) is 15.2 Å². The lowest BCUT2D eigenvalue weighted by Gasteiger charge is -2.32. The van der Waals surface area contributed by atoms with E-state index in [-0.39, 0.29) is 23.8 Å². The Morgan fingerprint density at radius 2 is 1.73 bits per heavy atom. The van der Waals surface area contributed by atoms with E-state index < -0.39 is 29.6 Å². The number of nitrogens with one attached hydrogen (secondary N) is 3. The molecule has 0 saturated heterocycles. The summed E-state index contributed by atoms with van der Waals surface area (Å²) in [5.74, 6) is -0.522. The third-order valence-corrected chi connectivity index (χ3v) is 8.69. The molecule has 0 unspecified atom stereocenters. The summed E-state index contributed by atoms with van der Waals surface area (Å²) in [5.41, 5.74) is 10.1. The number of aromatic amines is 2. The fourth-order valence-electron chi connectivity index (χ4n) is 6.15. The summed E-state index contributed by atoms with van der Waals surface area (Å²) in [6.45, 7) is 7.80. The maximum atomic E-state index is 14.1. The van der Waals surface area contributed by atoms with E-state index in [1.54, 1.807) is 25.3 Å². The van der Waals surface area contributed by atoms with Crippen LogP contribution in [0.15, 0.2) is 59.4 Å². The van der Waals surface area contributed by atoms with Gasteiger partial charge in [-0.2, -0.15) is 0 Å². The number of aryl methyl sites for hydroxylation is 1. The first-order valence-corrected chi connectivity index (χ1v) is 16.2. The summed E-state index contributed by atoms with van der Waals surface area (Å²) < 4.78 is 10.6. The molecular formula is C36H44N6O6. The molecule has 4 aromatic rings. The highest BCUT2D eigenvalue weighted by Crippen LogP contribution is 2.32. The number of nitrogens with zero attached hydrogens (tertiary/aromatic N) is 2.